The van der Waals surface area contributed by atoms with Crippen molar-refractivity contribution >= 4 is 5.91 Å². The molecule has 2 aliphatic heterocycles. The maximum atomic E-state index is 12.8. The Balaban J connectivity index is 1.66. The maximum Gasteiger partial charge on any atom is 0.253 e. The molecule has 0 unspecified atom stereocenters. The summed E-state index contributed by atoms with van der Waals surface area (Å²) in [5.74, 6) is 0.712. The zero-order chi connectivity index (χ0) is 17.1. The van der Waals surface area contributed by atoms with E-state index in [1.165, 1.54) is 37.9 Å². The summed E-state index contributed by atoms with van der Waals surface area (Å²) in [7, 11) is 0. The van der Waals surface area contributed by atoms with Crippen molar-refractivity contribution in [3.63, 3.8) is 0 Å². The molecule has 0 aromatic heterocycles. The average molecular weight is 330 g/mol. The first-order valence-corrected chi connectivity index (χ1v) is 9.28. The Labute approximate surface area is 145 Å². The molecule has 0 spiro atoms. The van der Waals surface area contributed by atoms with Gasteiger partial charge in [-0.3, -0.25) is 4.79 Å². The average Bonchev–Trinajstić information content (AvgIpc) is 3.00. The summed E-state index contributed by atoms with van der Waals surface area (Å²) in [5, 5.41) is 9.76. The molecule has 0 aliphatic carbocycles. The van der Waals surface area contributed by atoms with Crippen molar-refractivity contribution in [1.82, 2.24) is 9.80 Å². The number of aryl methyl sites for hydroxylation is 2. The van der Waals surface area contributed by atoms with E-state index in [9.17, 15) is 9.90 Å². The predicted octanol–water partition coefficient (Wildman–Crippen LogP) is 2.47. The van der Waals surface area contributed by atoms with E-state index in [1.54, 1.807) is 0 Å². The van der Waals surface area contributed by atoms with E-state index in [1.807, 2.05) is 30.0 Å². The van der Waals surface area contributed by atoms with Gasteiger partial charge in [0.25, 0.3) is 5.91 Å². The van der Waals surface area contributed by atoms with Gasteiger partial charge in [0.05, 0.1) is 0 Å². The second-order valence-corrected chi connectivity index (χ2v) is 7.57. The molecular weight excluding hydrogens is 300 g/mol. The predicted molar refractivity (Wildman–Crippen MR) is 96.2 cm³/mol. The van der Waals surface area contributed by atoms with Crippen LogP contribution >= 0.6 is 0 Å². The molecule has 1 aromatic rings. The number of hydrogen-bond donors (Lipinski definition) is 1. The summed E-state index contributed by atoms with van der Waals surface area (Å²) in [4.78, 5) is 17.3. The third-order valence-corrected chi connectivity index (χ3v) is 5.79. The van der Waals surface area contributed by atoms with Gasteiger partial charge in [0, 0.05) is 37.7 Å². The molecule has 1 N–H and O–H groups in total. The van der Waals surface area contributed by atoms with Crippen LogP contribution in [0.4, 0.5) is 0 Å². The van der Waals surface area contributed by atoms with Crippen LogP contribution < -0.4 is 0 Å². The number of rotatable bonds is 4. The highest BCUT2D eigenvalue weighted by Gasteiger charge is 2.36. The van der Waals surface area contributed by atoms with Gasteiger partial charge in [0.2, 0.25) is 0 Å². The summed E-state index contributed by atoms with van der Waals surface area (Å²) < 4.78 is 0. The largest absolute Gasteiger partial charge is 0.396 e. The Bertz CT molecular complexity index is 581. The van der Waals surface area contributed by atoms with Gasteiger partial charge in [-0.25, -0.2) is 0 Å². The van der Waals surface area contributed by atoms with E-state index in [2.05, 4.69) is 11.8 Å². The van der Waals surface area contributed by atoms with Crippen molar-refractivity contribution in [3.8, 4) is 0 Å². The Kier molecular flexibility index (Phi) is 5.57. The minimum Gasteiger partial charge on any atom is -0.396 e. The van der Waals surface area contributed by atoms with Gasteiger partial charge >= 0.3 is 0 Å². The molecule has 3 rings (SSSR count). The van der Waals surface area contributed by atoms with Crippen LogP contribution in [-0.4, -0.2) is 60.1 Å². The molecule has 24 heavy (non-hydrogen) atoms. The van der Waals surface area contributed by atoms with Gasteiger partial charge in [0.15, 0.2) is 0 Å². The Hall–Kier alpha value is -1.39. The number of hydrogen-bond acceptors (Lipinski definition) is 3. The minimum absolute atomic E-state index is 0.109. The number of aliphatic hydroxyl groups is 1. The molecule has 4 heteroatoms. The van der Waals surface area contributed by atoms with E-state index in [0.29, 0.717) is 12.5 Å². The van der Waals surface area contributed by atoms with Crippen molar-refractivity contribution < 1.29 is 9.90 Å². The van der Waals surface area contributed by atoms with Crippen molar-refractivity contribution in [1.29, 1.82) is 0 Å². The first-order valence-electron chi connectivity index (χ1n) is 9.28. The molecule has 0 saturated carbocycles. The monoisotopic (exact) mass is 330 g/mol. The number of amides is 1. The fraction of sp³-hybridized carbons (Fsp3) is 0.650. The SMILES string of the molecule is Cc1ccc(C(=O)N2C[C@@H](CN3CCCCC3)[C@@H](CO)C2)cc1C. The van der Waals surface area contributed by atoms with Crippen LogP contribution in [0.5, 0.6) is 0 Å². The van der Waals surface area contributed by atoms with Crippen molar-refractivity contribution in [2.45, 2.75) is 33.1 Å². The Morgan fingerprint density at radius 3 is 2.46 bits per heavy atom. The second kappa shape index (κ2) is 7.66. The lowest BCUT2D eigenvalue weighted by Crippen LogP contribution is -2.37. The van der Waals surface area contributed by atoms with Crippen LogP contribution in [0.25, 0.3) is 0 Å². The molecule has 2 heterocycles. The van der Waals surface area contributed by atoms with Gasteiger partial charge in [-0.2, -0.15) is 0 Å². The fourth-order valence-corrected chi connectivity index (χ4v) is 4.05. The lowest BCUT2D eigenvalue weighted by molar-refractivity contribution is 0.0778. The van der Waals surface area contributed by atoms with Crippen LogP contribution in [0.3, 0.4) is 0 Å². The van der Waals surface area contributed by atoms with Crippen molar-refractivity contribution in [2.24, 2.45) is 11.8 Å². The zero-order valence-corrected chi connectivity index (χ0v) is 15.0. The third-order valence-electron chi connectivity index (χ3n) is 5.79. The number of nitrogens with zero attached hydrogens (tertiary/aromatic N) is 2. The first kappa shape index (κ1) is 17.4. The van der Waals surface area contributed by atoms with E-state index in [4.69, 9.17) is 0 Å². The van der Waals surface area contributed by atoms with Crippen molar-refractivity contribution in [3.05, 3.63) is 34.9 Å². The molecule has 132 valence electrons. The summed E-state index contributed by atoms with van der Waals surface area (Å²) in [6.07, 6.45) is 3.89. The lowest BCUT2D eigenvalue weighted by Gasteiger charge is -2.30. The topological polar surface area (TPSA) is 43.8 Å². The zero-order valence-electron chi connectivity index (χ0n) is 15.0. The van der Waals surface area contributed by atoms with Crippen LogP contribution in [0.15, 0.2) is 18.2 Å². The van der Waals surface area contributed by atoms with E-state index >= 15 is 0 Å². The van der Waals surface area contributed by atoms with Gasteiger partial charge in [-0.15, -0.1) is 0 Å². The summed E-state index contributed by atoms with van der Waals surface area (Å²) in [5.41, 5.74) is 3.14. The second-order valence-electron chi connectivity index (χ2n) is 7.57. The fourth-order valence-electron chi connectivity index (χ4n) is 4.05. The highest BCUT2D eigenvalue weighted by Crippen LogP contribution is 2.27. The van der Waals surface area contributed by atoms with Gasteiger partial charge in [0.1, 0.15) is 0 Å². The number of piperidine rings is 1. The minimum atomic E-state index is 0.109. The molecule has 2 fully saturated rings. The highest BCUT2D eigenvalue weighted by molar-refractivity contribution is 5.94. The van der Waals surface area contributed by atoms with E-state index in [0.717, 1.165) is 24.2 Å². The molecule has 0 bridgehead atoms. The number of benzene rings is 1. The first-order chi connectivity index (χ1) is 11.6. The maximum absolute atomic E-state index is 12.8. The molecule has 4 nitrogen and oxygen atoms in total. The molecule has 1 aromatic carbocycles. The molecule has 2 aliphatic rings. The third kappa shape index (κ3) is 3.81. The van der Waals surface area contributed by atoms with Crippen LogP contribution in [0.2, 0.25) is 0 Å². The number of carbonyl (C=O) groups is 1. The van der Waals surface area contributed by atoms with Gasteiger partial charge in [-0.05, 0) is 69.0 Å². The number of carbonyl (C=O) groups excluding carboxylic acids is 1. The Morgan fingerprint density at radius 1 is 1.08 bits per heavy atom. The van der Waals surface area contributed by atoms with Crippen LogP contribution in [0.1, 0.15) is 40.7 Å². The standard InChI is InChI=1S/C20H30N2O2/c1-15-6-7-17(10-16(15)2)20(24)22-12-18(19(13-22)14-23)11-21-8-4-3-5-9-21/h6-7,10,18-19,23H,3-5,8-9,11-14H2,1-2H3/t18-,19-/m1/s1. The lowest BCUT2D eigenvalue weighted by atomic mass is 9.95. The van der Waals surface area contributed by atoms with Crippen LogP contribution in [0, 0.1) is 25.7 Å². The molecule has 0 radical (unpaired) electrons. The smallest absolute Gasteiger partial charge is 0.253 e. The van der Waals surface area contributed by atoms with Gasteiger partial charge in [-0.1, -0.05) is 12.5 Å². The number of likely N-dealkylation sites (tertiary alicyclic amines) is 2. The molecule has 2 atom stereocenters. The highest BCUT2D eigenvalue weighted by atomic mass is 16.3. The molecule has 1 amide bonds. The van der Waals surface area contributed by atoms with Crippen molar-refractivity contribution in [2.75, 3.05) is 39.3 Å². The van der Waals surface area contributed by atoms with E-state index < -0.39 is 0 Å². The van der Waals surface area contributed by atoms with Gasteiger partial charge < -0.3 is 14.9 Å². The van der Waals surface area contributed by atoms with Crippen LogP contribution in [-0.2, 0) is 0 Å². The quantitative estimate of drug-likeness (QED) is 0.922. The summed E-state index contributed by atoms with van der Waals surface area (Å²) in [6, 6.07) is 5.94. The summed E-state index contributed by atoms with van der Waals surface area (Å²) >= 11 is 0. The molecule has 2 saturated heterocycles. The molecular formula is C20H30N2O2. The number of aliphatic hydroxyl groups excluding tert-OH is 1. The summed E-state index contributed by atoms with van der Waals surface area (Å²) in [6.45, 7) is 9.09. The normalized spacial score (nSPS) is 25.2. The Morgan fingerprint density at radius 2 is 1.79 bits per heavy atom. The van der Waals surface area contributed by atoms with E-state index in [-0.39, 0.29) is 18.4 Å².